The van der Waals surface area contributed by atoms with E-state index >= 15 is 0 Å². The molecule has 19 heavy (non-hydrogen) atoms. The zero-order chi connectivity index (χ0) is 14.1. The van der Waals surface area contributed by atoms with Crippen LogP contribution in [0.15, 0.2) is 54.2 Å². The summed E-state index contributed by atoms with van der Waals surface area (Å²) in [6.07, 6.45) is 5.98. The van der Waals surface area contributed by atoms with Crippen molar-refractivity contribution in [3.05, 3.63) is 60.2 Å². The van der Waals surface area contributed by atoms with E-state index in [0.717, 1.165) is 0 Å². The molecule has 0 spiro atoms. The summed E-state index contributed by atoms with van der Waals surface area (Å²) >= 11 is 0. The van der Waals surface area contributed by atoms with Crippen LogP contribution in [0, 0.1) is 0 Å². The molecule has 0 radical (unpaired) electrons. The molecule has 98 valence electrons. The molecular weight excluding hydrogens is 248 g/mol. The second kappa shape index (κ2) is 7.38. The fourth-order valence-electron chi connectivity index (χ4n) is 1.06. The van der Waals surface area contributed by atoms with Crippen molar-refractivity contribution < 1.29 is 15.1 Å². The third-order valence-corrected chi connectivity index (χ3v) is 1.97. The standard InChI is InChI=1S/C6H7N3O.C6H5NO2/c7-6(9-10)5-2-1-3-8-4-5;8-6(9)5-2-1-3-7-4-5/h1-4,10H,(H2,7,9);1-4H,(H,8,9). The lowest BCUT2D eigenvalue weighted by atomic mass is 10.3. The average molecular weight is 260 g/mol. The van der Waals surface area contributed by atoms with Crippen LogP contribution in [0.2, 0.25) is 0 Å². The van der Waals surface area contributed by atoms with Gasteiger partial charge in [0, 0.05) is 30.4 Å². The van der Waals surface area contributed by atoms with Gasteiger partial charge in [-0.15, -0.1) is 0 Å². The molecule has 2 aromatic heterocycles. The van der Waals surface area contributed by atoms with Crippen LogP contribution in [-0.2, 0) is 0 Å². The third kappa shape index (κ3) is 4.82. The molecule has 0 unspecified atom stereocenters. The van der Waals surface area contributed by atoms with Gasteiger partial charge in [0.25, 0.3) is 0 Å². The zero-order valence-electron chi connectivity index (χ0n) is 9.84. The minimum Gasteiger partial charge on any atom is -0.478 e. The Bertz CT molecular complexity index is 543. The van der Waals surface area contributed by atoms with E-state index in [4.69, 9.17) is 16.0 Å². The van der Waals surface area contributed by atoms with Gasteiger partial charge in [0.1, 0.15) is 0 Å². The van der Waals surface area contributed by atoms with Gasteiger partial charge in [-0.25, -0.2) is 4.79 Å². The molecule has 0 saturated heterocycles. The van der Waals surface area contributed by atoms with Gasteiger partial charge in [-0.2, -0.15) is 0 Å². The first-order chi connectivity index (χ1) is 9.15. The number of rotatable bonds is 2. The Hall–Kier alpha value is -2.96. The van der Waals surface area contributed by atoms with Crippen LogP contribution in [0.4, 0.5) is 0 Å². The minimum atomic E-state index is -0.942. The minimum absolute atomic E-state index is 0.0769. The Morgan fingerprint density at radius 2 is 1.63 bits per heavy atom. The largest absolute Gasteiger partial charge is 0.478 e. The molecule has 0 aromatic carbocycles. The maximum absolute atomic E-state index is 10.2. The van der Waals surface area contributed by atoms with Gasteiger partial charge in [0.05, 0.1) is 5.56 Å². The number of carboxylic acid groups (broad SMARTS) is 1. The van der Waals surface area contributed by atoms with Crippen molar-refractivity contribution in [2.75, 3.05) is 0 Å². The van der Waals surface area contributed by atoms with Gasteiger partial charge < -0.3 is 16.0 Å². The number of nitrogens with zero attached hydrogens (tertiary/aromatic N) is 3. The molecular formula is C12H12N4O3. The van der Waals surface area contributed by atoms with Crippen LogP contribution in [0.5, 0.6) is 0 Å². The lowest BCUT2D eigenvalue weighted by molar-refractivity contribution is 0.0696. The van der Waals surface area contributed by atoms with Crippen molar-refractivity contribution >= 4 is 11.8 Å². The molecule has 7 heteroatoms. The van der Waals surface area contributed by atoms with Crippen LogP contribution in [-0.4, -0.2) is 32.1 Å². The van der Waals surface area contributed by atoms with Gasteiger partial charge in [-0.05, 0) is 24.3 Å². The van der Waals surface area contributed by atoms with Gasteiger partial charge in [0.15, 0.2) is 5.84 Å². The normalized spacial score (nSPS) is 10.2. The van der Waals surface area contributed by atoms with Crippen LogP contribution in [0.25, 0.3) is 0 Å². The molecule has 0 aliphatic heterocycles. The summed E-state index contributed by atoms with van der Waals surface area (Å²) in [7, 11) is 0. The summed E-state index contributed by atoms with van der Waals surface area (Å²) in [5.74, 6) is -0.865. The van der Waals surface area contributed by atoms with Crippen LogP contribution >= 0.6 is 0 Å². The summed E-state index contributed by atoms with van der Waals surface area (Å²) in [6, 6.07) is 6.51. The first-order valence-corrected chi connectivity index (χ1v) is 5.16. The van der Waals surface area contributed by atoms with E-state index in [2.05, 4.69) is 15.1 Å². The van der Waals surface area contributed by atoms with E-state index in [1.54, 1.807) is 24.4 Å². The van der Waals surface area contributed by atoms with Crippen molar-refractivity contribution in [2.45, 2.75) is 0 Å². The molecule has 0 fully saturated rings. The summed E-state index contributed by atoms with van der Waals surface area (Å²) in [5, 5.41) is 19.4. The first-order valence-electron chi connectivity index (χ1n) is 5.16. The van der Waals surface area contributed by atoms with Gasteiger partial charge in [-0.1, -0.05) is 5.16 Å². The summed E-state index contributed by atoms with van der Waals surface area (Å²) in [4.78, 5) is 17.6. The summed E-state index contributed by atoms with van der Waals surface area (Å²) < 4.78 is 0. The van der Waals surface area contributed by atoms with Crippen LogP contribution in [0.3, 0.4) is 0 Å². The Labute approximate surface area is 109 Å². The monoisotopic (exact) mass is 260 g/mol. The SMILES string of the molecule is NC(=NO)c1cccnc1.O=C(O)c1cccnc1. The van der Waals surface area contributed by atoms with Crippen LogP contribution < -0.4 is 5.73 Å². The number of aromatic nitrogens is 2. The maximum atomic E-state index is 10.2. The molecule has 7 nitrogen and oxygen atoms in total. The van der Waals surface area contributed by atoms with Gasteiger partial charge in [0.2, 0.25) is 0 Å². The lowest BCUT2D eigenvalue weighted by Gasteiger charge is -1.93. The fourth-order valence-corrected chi connectivity index (χ4v) is 1.06. The molecule has 0 atom stereocenters. The Kier molecular flexibility index (Phi) is 5.48. The van der Waals surface area contributed by atoms with E-state index in [0.29, 0.717) is 5.56 Å². The van der Waals surface area contributed by atoms with E-state index in [1.165, 1.54) is 24.7 Å². The highest BCUT2D eigenvalue weighted by Gasteiger charge is 1.97. The number of carboxylic acids is 1. The number of amidine groups is 1. The predicted octanol–water partition coefficient (Wildman–Crippen LogP) is 0.956. The van der Waals surface area contributed by atoms with E-state index in [1.807, 2.05) is 0 Å². The van der Waals surface area contributed by atoms with E-state index in [9.17, 15) is 4.79 Å². The van der Waals surface area contributed by atoms with Crippen LogP contribution in [0.1, 0.15) is 15.9 Å². The van der Waals surface area contributed by atoms with Crippen molar-refractivity contribution in [3.8, 4) is 0 Å². The molecule has 0 aliphatic carbocycles. The number of pyridine rings is 2. The molecule has 2 aromatic rings. The highest BCUT2D eigenvalue weighted by atomic mass is 16.4. The number of carbonyl (C=O) groups is 1. The number of aromatic carboxylic acids is 1. The lowest BCUT2D eigenvalue weighted by Crippen LogP contribution is -2.12. The third-order valence-electron chi connectivity index (χ3n) is 1.97. The maximum Gasteiger partial charge on any atom is 0.337 e. The molecule has 0 saturated carbocycles. The smallest absolute Gasteiger partial charge is 0.337 e. The molecule has 2 rings (SSSR count). The number of hydrogen-bond acceptors (Lipinski definition) is 5. The molecule has 2 heterocycles. The highest BCUT2D eigenvalue weighted by molar-refractivity contribution is 5.96. The van der Waals surface area contributed by atoms with Crippen molar-refractivity contribution in [2.24, 2.45) is 10.9 Å². The quantitative estimate of drug-likeness (QED) is 0.320. The molecule has 4 N–H and O–H groups in total. The molecule has 0 bridgehead atoms. The van der Waals surface area contributed by atoms with Gasteiger partial charge in [-0.3, -0.25) is 9.97 Å². The first kappa shape index (κ1) is 14.1. The number of oxime groups is 1. The second-order valence-electron chi connectivity index (χ2n) is 3.27. The van der Waals surface area contributed by atoms with Crippen molar-refractivity contribution in [3.63, 3.8) is 0 Å². The molecule has 0 aliphatic rings. The number of hydrogen-bond donors (Lipinski definition) is 3. The summed E-state index contributed by atoms with van der Waals surface area (Å²) in [5.41, 5.74) is 6.09. The average Bonchev–Trinajstić information content (AvgIpc) is 2.49. The Morgan fingerprint density at radius 3 is 1.95 bits per heavy atom. The van der Waals surface area contributed by atoms with Crippen molar-refractivity contribution in [1.82, 2.24) is 9.97 Å². The fraction of sp³-hybridized carbons (Fsp3) is 0. The van der Waals surface area contributed by atoms with Gasteiger partial charge >= 0.3 is 5.97 Å². The number of nitrogens with two attached hydrogens (primary N) is 1. The molecule has 0 amide bonds. The Morgan fingerprint density at radius 1 is 1.11 bits per heavy atom. The van der Waals surface area contributed by atoms with E-state index in [-0.39, 0.29) is 11.4 Å². The predicted molar refractivity (Wildman–Crippen MR) is 67.9 cm³/mol. The zero-order valence-corrected chi connectivity index (χ0v) is 9.84. The summed E-state index contributed by atoms with van der Waals surface area (Å²) in [6.45, 7) is 0. The van der Waals surface area contributed by atoms with Crippen molar-refractivity contribution in [1.29, 1.82) is 0 Å². The topological polar surface area (TPSA) is 122 Å². The highest BCUT2D eigenvalue weighted by Crippen LogP contribution is 1.93. The second-order valence-corrected chi connectivity index (χ2v) is 3.27. The van der Waals surface area contributed by atoms with E-state index < -0.39 is 5.97 Å². The Balaban J connectivity index is 0.000000191.